The molecule has 11 rings (SSSR count). The van der Waals surface area contributed by atoms with Gasteiger partial charge >= 0.3 is 0 Å². The van der Waals surface area contributed by atoms with Gasteiger partial charge in [-0.05, 0) is 113 Å². The van der Waals surface area contributed by atoms with E-state index >= 15 is 0 Å². The van der Waals surface area contributed by atoms with E-state index in [2.05, 4.69) is 196 Å². The number of aromatic nitrogens is 3. The van der Waals surface area contributed by atoms with Crippen LogP contribution in [0, 0.1) is 0 Å². The van der Waals surface area contributed by atoms with Gasteiger partial charge in [0.2, 0.25) is 0 Å². The minimum Gasteiger partial charge on any atom is -0.311 e. The molecule has 0 N–H and O–H groups in total. The molecule has 0 unspecified atom stereocenters. The number of hydrogen-bond donors (Lipinski definition) is 0. The molecule has 0 atom stereocenters. The summed E-state index contributed by atoms with van der Waals surface area (Å²) in [4.78, 5) is 14.9. The number of nitrogens with zero attached hydrogens (tertiary/aromatic N) is 5. The van der Waals surface area contributed by atoms with Crippen LogP contribution in [0.2, 0.25) is 0 Å². The van der Waals surface area contributed by atoms with Crippen LogP contribution in [0.3, 0.4) is 0 Å². The molecule has 0 spiro atoms. The zero-order valence-electron chi connectivity index (χ0n) is 29.3. The normalized spacial score (nSPS) is 12.7. The van der Waals surface area contributed by atoms with Gasteiger partial charge < -0.3 is 9.80 Å². The number of benzene rings is 7. The summed E-state index contributed by atoms with van der Waals surface area (Å²) in [6.45, 7) is -0.0562. The molecular formula is C48H32BN5. The Kier molecular flexibility index (Phi) is 6.89. The molecule has 7 aromatic carbocycles. The highest BCUT2D eigenvalue weighted by atomic mass is 15.2. The van der Waals surface area contributed by atoms with Crippen molar-refractivity contribution in [2.45, 2.75) is 0 Å². The Morgan fingerprint density at radius 1 is 0.426 bits per heavy atom. The summed E-state index contributed by atoms with van der Waals surface area (Å²) in [7, 11) is 0. The van der Waals surface area contributed by atoms with E-state index in [1.807, 2.05) is 12.3 Å². The Bertz CT molecular complexity index is 2820. The summed E-state index contributed by atoms with van der Waals surface area (Å²) < 4.78 is 2.29. The number of anilines is 6. The Labute approximate surface area is 314 Å². The van der Waals surface area contributed by atoms with Gasteiger partial charge in [0.15, 0.2) is 0 Å². The molecule has 0 saturated carbocycles. The second-order valence-corrected chi connectivity index (χ2v) is 13.8. The lowest BCUT2D eigenvalue weighted by Gasteiger charge is -2.44. The monoisotopic (exact) mass is 689 g/mol. The third kappa shape index (κ3) is 4.67. The zero-order chi connectivity index (χ0) is 35.6. The summed E-state index contributed by atoms with van der Waals surface area (Å²) in [6.07, 6.45) is 1.87. The van der Waals surface area contributed by atoms with Crippen molar-refractivity contribution in [3.05, 3.63) is 194 Å². The lowest BCUT2D eigenvalue weighted by Crippen LogP contribution is -2.61. The minimum atomic E-state index is -0.0562. The third-order valence-electron chi connectivity index (χ3n) is 10.8. The Balaban J connectivity index is 1.22. The topological polar surface area (TPSA) is 37.2 Å². The van der Waals surface area contributed by atoms with E-state index in [1.165, 1.54) is 27.8 Å². The quantitative estimate of drug-likeness (QED) is 0.169. The van der Waals surface area contributed by atoms with Gasteiger partial charge in [0.1, 0.15) is 5.82 Å². The first-order chi connectivity index (χ1) is 26.8. The Morgan fingerprint density at radius 2 is 0.981 bits per heavy atom. The highest BCUT2D eigenvalue weighted by molar-refractivity contribution is 7.00. The fourth-order valence-electron chi connectivity index (χ4n) is 8.54. The predicted octanol–water partition coefficient (Wildman–Crippen LogP) is 9.84. The van der Waals surface area contributed by atoms with Crippen LogP contribution >= 0.6 is 0 Å². The molecule has 2 aliphatic heterocycles. The zero-order valence-corrected chi connectivity index (χ0v) is 29.3. The van der Waals surface area contributed by atoms with E-state index in [0.29, 0.717) is 0 Å². The van der Waals surface area contributed by atoms with Crippen molar-refractivity contribution < 1.29 is 0 Å². The maximum atomic E-state index is 5.29. The van der Waals surface area contributed by atoms with Crippen molar-refractivity contribution in [2.75, 3.05) is 9.80 Å². The standard InChI is InChI=1S/C48H32BN5/c1-4-15-35(16-5-1)52-42-28-26-33(40-21-12-13-30-50-40)31-38(42)49-39-32-34(48-51-41-22-10-11-23-44(41)54(48)37-19-8-3-9-20-37)27-29-43(39)53(36-17-6-2-7-18-36)46-25-14-24-45(52)47(46)49/h1-32H. The van der Waals surface area contributed by atoms with Gasteiger partial charge in [-0.15, -0.1) is 0 Å². The van der Waals surface area contributed by atoms with Crippen molar-refractivity contribution in [1.29, 1.82) is 0 Å². The van der Waals surface area contributed by atoms with Gasteiger partial charge in [0, 0.05) is 51.6 Å². The summed E-state index contributed by atoms with van der Waals surface area (Å²) in [5.41, 5.74) is 16.9. The van der Waals surface area contributed by atoms with Gasteiger partial charge in [-0.2, -0.15) is 0 Å². The van der Waals surface area contributed by atoms with Crippen molar-refractivity contribution in [1.82, 2.24) is 14.5 Å². The maximum absolute atomic E-state index is 5.29. The first kappa shape index (κ1) is 30.5. The summed E-state index contributed by atoms with van der Waals surface area (Å²) >= 11 is 0. The fourth-order valence-corrected chi connectivity index (χ4v) is 8.54. The largest absolute Gasteiger partial charge is 0.311 e. The van der Waals surface area contributed by atoms with Crippen LogP contribution in [0.25, 0.3) is 39.4 Å². The molecule has 0 amide bonds. The lowest BCUT2D eigenvalue weighted by molar-refractivity contribution is 1.10. The molecule has 0 fully saturated rings. The second-order valence-electron chi connectivity index (χ2n) is 13.8. The van der Waals surface area contributed by atoms with Gasteiger partial charge in [0.05, 0.1) is 16.7 Å². The van der Waals surface area contributed by atoms with Crippen molar-refractivity contribution in [3.63, 3.8) is 0 Å². The van der Waals surface area contributed by atoms with E-state index in [1.54, 1.807) is 0 Å². The summed E-state index contributed by atoms with van der Waals surface area (Å²) in [5, 5.41) is 0. The van der Waals surface area contributed by atoms with E-state index in [0.717, 1.165) is 62.1 Å². The van der Waals surface area contributed by atoms with E-state index in [9.17, 15) is 0 Å². The first-order valence-corrected chi connectivity index (χ1v) is 18.4. The number of para-hydroxylation sites is 5. The lowest BCUT2D eigenvalue weighted by atomic mass is 9.33. The average Bonchev–Trinajstić information content (AvgIpc) is 3.64. The molecule has 0 saturated heterocycles. The Morgan fingerprint density at radius 3 is 1.61 bits per heavy atom. The average molecular weight is 690 g/mol. The highest BCUT2D eigenvalue weighted by Gasteiger charge is 2.43. The van der Waals surface area contributed by atoms with Crippen molar-refractivity contribution >= 4 is 68.3 Å². The SMILES string of the molecule is c1ccc(N2c3ccc(-c4ccccn4)cc3B3c4cc(-c5nc6ccccc6n5-c5ccccc5)ccc4N(c4ccccc4)c4cccc2c43)cc1. The third-order valence-corrected chi connectivity index (χ3v) is 10.8. The molecule has 252 valence electrons. The number of fused-ring (bicyclic) bond motifs is 5. The molecule has 4 heterocycles. The van der Waals surface area contributed by atoms with E-state index in [-0.39, 0.29) is 6.71 Å². The van der Waals surface area contributed by atoms with Gasteiger partial charge in [-0.3, -0.25) is 9.55 Å². The van der Waals surface area contributed by atoms with Gasteiger partial charge in [-0.25, -0.2) is 4.98 Å². The molecule has 54 heavy (non-hydrogen) atoms. The number of hydrogen-bond acceptors (Lipinski definition) is 4. The van der Waals surface area contributed by atoms with Crippen LogP contribution in [0.1, 0.15) is 0 Å². The highest BCUT2D eigenvalue weighted by Crippen LogP contribution is 2.44. The van der Waals surface area contributed by atoms with Gasteiger partial charge in [-0.1, -0.05) is 97.1 Å². The number of rotatable bonds is 5. The first-order valence-electron chi connectivity index (χ1n) is 18.4. The van der Waals surface area contributed by atoms with Crippen LogP contribution in [0.5, 0.6) is 0 Å². The van der Waals surface area contributed by atoms with Gasteiger partial charge in [0.25, 0.3) is 6.71 Å². The molecule has 9 aromatic rings. The molecule has 5 nitrogen and oxygen atoms in total. The van der Waals surface area contributed by atoms with Crippen LogP contribution in [0.15, 0.2) is 194 Å². The molecule has 0 radical (unpaired) electrons. The minimum absolute atomic E-state index is 0.0562. The Hall–Kier alpha value is -7.18. The van der Waals surface area contributed by atoms with E-state index in [4.69, 9.17) is 9.97 Å². The molecule has 2 aromatic heterocycles. The number of pyridine rings is 1. The molecular weight excluding hydrogens is 657 g/mol. The smallest absolute Gasteiger partial charge is 0.252 e. The second kappa shape index (κ2) is 12.2. The fraction of sp³-hybridized carbons (Fsp3) is 0. The van der Waals surface area contributed by atoms with Crippen LogP contribution in [-0.2, 0) is 0 Å². The van der Waals surface area contributed by atoms with Crippen LogP contribution < -0.4 is 26.2 Å². The molecule has 2 aliphatic rings. The summed E-state index contributed by atoms with van der Waals surface area (Å²) in [6, 6.07) is 67.1. The van der Waals surface area contributed by atoms with E-state index < -0.39 is 0 Å². The number of imidazole rings is 1. The summed E-state index contributed by atoms with van der Waals surface area (Å²) in [5.74, 6) is 0.916. The van der Waals surface area contributed by atoms with Crippen LogP contribution in [0.4, 0.5) is 34.1 Å². The van der Waals surface area contributed by atoms with Crippen LogP contribution in [-0.4, -0.2) is 21.2 Å². The maximum Gasteiger partial charge on any atom is 0.252 e. The van der Waals surface area contributed by atoms with Crippen molar-refractivity contribution in [3.8, 4) is 28.3 Å². The van der Waals surface area contributed by atoms with Crippen molar-refractivity contribution in [2.24, 2.45) is 0 Å². The molecule has 0 aliphatic carbocycles. The molecule has 6 heteroatoms. The molecule has 0 bridgehead atoms. The predicted molar refractivity (Wildman–Crippen MR) is 224 cm³/mol.